The quantitative estimate of drug-likeness (QED) is 0.525. The zero-order chi connectivity index (χ0) is 18.5. The molecule has 132 valence electrons. The molecule has 2 aromatic carbocycles. The minimum absolute atomic E-state index is 0.316. The second kappa shape index (κ2) is 5.62. The predicted molar refractivity (Wildman–Crippen MR) is 92.8 cm³/mol. The van der Waals surface area contributed by atoms with Crippen LogP contribution in [-0.4, -0.2) is 19.5 Å². The number of fused-ring (bicyclic) bond motifs is 1. The van der Waals surface area contributed by atoms with Crippen LogP contribution in [0.15, 0.2) is 48.9 Å². The van der Waals surface area contributed by atoms with E-state index in [0.29, 0.717) is 39.5 Å². The SMILES string of the molecule is Cc1cn(-c2cc(-c3nc4c(N)cccc4[nH]3)cc(C(F)(F)F)c2)cn1. The number of alkyl halides is 3. The lowest BCUT2D eigenvalue weighted by Gasteiger charge is -2.12. The number of nitrogens with two attached hydrogens (primary N) is 1. The van der Waals surface area contributed by atoms with Crippen LogP contribution in [0.2, 0.25) is 0 Å². The molecule has 0 aliphatic heterocycles. The zero-order valence-electron chi connectivity index (χ0n) is 13.7. The Balaban J connectivity index is 1.93. The standard InChI is InChI=1S/C18H14F3N5/c1-10-8-26(9-23-10)13-6-11(5-12(7-13)18(19,20)21)17-24-15-4-2-3-14(22)16(15)25-17/h2-9H,22H2,1H3,(H,24,25). The van der Waals surface area contributed by atoms with E-state index in [1.807, 2.05) is 0 Å². The molecule has 0 aliphatic carbocycles. The van der Waals surface area contributed by atoms with E-state index in [1.54, 1.807) is 42.0 Å². The maximum atomic E-state index is 13.4. The molecule has 0 saturated heterocycles. The molecule has 26 heavy (non-hydrogen) atoms. The summed E-state index contributed by atoms with van der Waals surface area (Å²) in [4.78, 5) is 11.5. The van der Waals surface area contributed by atoms with Gasteiger partial charge in [0.05, 0.1) is 28.8 Å². The third kappa shape index (κ3) is 2.79. The molecule has 0 saturated carbocycles. The molecule has 4 rings (SSSR count). The Hall–Kier alpha value is -3.29. The lowest BCUT2D eigenvalue weighted by atomic mass is 10.1. The van der Waals surface area contributed by atoms with Gasteiger partial charge in [-0.2, -0.15) is 13.2 Å². The summed E-state index contributed by atoms with van der Waals surface area (Å²) in [6, 6.07) is 9.01. The number of imidazole rings is 2. The van der Waals surface area contributed by atoms with Gasteiger partial charge in [-0.15, -0.1) is 0 Å². The van der Waals surface area contributed by atoms with E-state index in [1.165, 1.54) is 6.33 Å². The molecule has 0 radical (unpaired) electrons. The van der Waals surface area contributed by atoms with E-state index in [4.69, 9.17) is 5.73 Å². The van der Waals surface area contributed by atoms with Crippen molar-refractivity contribution in [3.8, 4) is 17.1 Å². The molecular formula is C18H14F3N5. The summed E-state index contributed by atoms with van der Waals surface area (Å²) >= 11 is 0. The van der Waals surface area contributed by atoms with E-state index in [9.17, 15) is 13.2 Å². The van der Waals surface area contributed by atoms with Gasteiger partial charge in [0.1, 0.15) is 11.3 Å². The average Bonchev–Trinajstić information content (AvgIpc) is 3.21. The Kier molecular flexibility index (Phi) is 3.50. The van der Waals surface area contributed by atoms with Gasteiger partial charge in [-0.05, 0) is 37.3 Å². The first kappa shape index (κ1) is 16.2. The first-order valence-corrected chi connectivity index (χ1v) is 7.79. The Labute approximate surface area is 146 Å². The molecule has 0 atom stereocenters. The van der Waals surface area contributed by atoms with Crippen molar-refractivity contribution in [3.05, 3.63) is 60.2 Å². The summed E-state index contributed by atoms with van der Waals surface area (Å²) < 4.78 is 41.7. The van der Waals surface area contributed by atoms with Crippen molar-refractivity contribution in [2.45, 2.75) is 13.1 Å². The second-order valence-electron chi connectivity index (χ2n) is 6.02. The minimum atomic E-state index is -4.48. The molecule has 2 aromatic heterocycles. The van der Waals surface area contributed by atoms with Gasteiger partial charge in [0, 0.05) is 17.4 Å². The maximum Gasteiger partial charge on any atom is 0.416 e. The zero-order valence-corrected chi connectivity index (χ0v) is 13.7. The minimum Gasteiger partial charge on any atom is -0.397 e. The second-order valence-corrected chi connectivity index (χ2v) is 6.02. The van der Waals surface area contributed by atoms with Crippen LogP contribution in [0, 0.1) is 6.92 Å². The van der Waals surface area contributed by atoms with E-state index in [0.717, 1.165) is 12.1 Å². The van der Waals surface area contributed by atoms with Gasteiger partial charge < -0.3 is 15.3 Å². The number of aryl methyl sites for hydroxylation is 1. The molecular weight excluding hydrogens is 343 g/mol. The summed E-state index contributed by atoms with van der Waals surface area (Å²) in [6.45, 7) is 1.77. The highest BCUT2D eigenvalue weighted by atomic mass is 19.4. The van der Waals surface area contributed by atoms with Crippen LogP contribution < -0.4 is 5.73 Å². The molecule has 5 nitrogen and oxygen atoms in total. The van der Waals surface area contributed by atoms with Gasteiger partial charge in [0.2, 0.25) is 0 Å². The van der Waals surface area contributed by atoms with Gasteiger partial charge >= 0.3 is 6.18 Å². The van der Waals surface area contributed by atoms with Crippen molar-refractivity contribution >= 4 is 16.7 Å². The normalized spacial score (nSPS) is 12.0. The third-order valence-corrected chi connectivity index (χ3v) is 4.07. The highest BCUT2D eigenvalue weighted by molar-refractivity contribution is 5.89. The van der Waals surface area contributed by atoms with Crippen LogP contribution in [0.5, 0.6) is 0 Å². The molecule has 2 heterocycles. The van der Waals surface area contributed by atoms with Crippen molar-refractivity contribution in [2.75, 3.05) is 5.73 Å². The molecule has 3 N–H and O–H groups in total. The fourth-order valence-electron chi connectivity index (χ4n) is 2.81. The van der Waals surface area contributed by atoms with E-state index < -0.39 is 11.7 Å². The van der Waals surface area contributed by atoms with E-state index >= 15 is 0 Å². The summed E-state index contributed by atoms with van der Waals surface area (Å²) in [6.07, 6.45) is -1.34. The molecule has 0 bridgehead atoms. The number of nitrogens with one attached hydrogen (secondary N) is 1. The van der Waals surface area contributed by atoms with E-state index in [2.05, 4.69) is 15.0 Å². The summed E-state index contributed by atoms with van der Waals surface area (Å²) in [7, 11) is 0. The first-order valence-electron chi connectivity index (χ1n) is 7.79. The van der Waals surface area contributed by atoms with Gasteiger partial charge in [-0.1, -0.05) is 6.07 Å². The van der Waals surface area contributed by atoms with Crippen molar-refractivity contribution in [1.29, 1.82) is 0 Å². The number of rotatable bonds is 2. The highest BCUT2D eigenvalue weighted by Crippen LogP contribution is 2.34. The van der Waals surface area contributed by atoms with E-state index in [-0.39, 0.29) is 0 Å². The summed E-state index contributed by atoms with van der Waals surface area (Å²) in [5, 5.41) is 0. The largest absolute Gasteiger partial charge is 0.416 e. The smallest absolute Gasteiger partial charge is 0.397 e. The molecule has 0 unspecified atom stereocenters. The topological polar surface area (TPSA) is 72.5 Å². The average molecular weight is 357 g/mol. The Morgan fingerprint density at radius 1 is 1.15 bits per heavy atom. The van der Waals surface area contributed by atoms with Crippen LogP contribution in [0.3, 0.4) is 0 Å². The number of anilines is 1. The molecule has 0 fully saturated rings. The molecule has 4 aromatic rings. The van der Waals surface area contributed by atoms with Crippen molar-refractivity contribution in [2.24, 2.45) is 0 Å². The predicted octanol–water partition coefficient (Wildman–Crippen LogP) is 4.33. The molecule has 0 spiro atoms. The van der Waals surface area contributed by atoms with Crippen molar-refractivity contribution in [3.63, 3.8) is 0 Å². The summed E-state index contributed by atoms with van der Waals surface area (Å²) in [5.74, 6) is 0.321. The van der Waals surface area contributed by atoms with Gasteiger partial charge in [-0.3, -0.25) is 0 Å². The number of halogens is 3. The number of hydrogen-bond donors (Lipinski definition) is 2. The maximum absolute atomic E-state index is 13.4. The number of hydrogen-bond acceptors (Lipinski definition) is 3. The number of aromatic nitrogens is 4. The van der Waals surface area contributed by atoms with Gasteiger partial charge in [0.25, 0.3) is 0 Å². The molecule has 0 amide bonds. The van der Waals surface area contributed by atoms with Crippen LogP contribution in [0.1, 0.15) is 11.3 Å². The Bertz CT molecular complexity index is 1110. The van der Waals surface area contributed by atoms with Crippen LogP contribution in [-0.2, 0) is 6.18 Å². The number of para-hydroxylation sites is 1. The van der Waals surface area contributed by atoms with Gasteiger partial charge in [-0.25, -0.2) is 9.97 Å². The third-order valence-electron chi connectivity index (χ3n) is 4.07. The highest BCUT2D eigenvalue weighted by Gasteiger charge is 2.31. The fourth-order valence-corrected chi connectivity index (χ4v) is 2.81. The van der Waals surface area contributed by atoms with Gasteiger partial charge in [0.15, 0.2) is 0 Å². The molecule has 0 aliphatic rings. The Morgan fingerprint density at radius 3 is 2.62 bits per heavy atom. The number of nitrogens with zero attached hydrogens (tertiary/aromatic N) is 3. The monoisotopic (exact) mass is 357 g/mol. The van der Waals surface area contributed by atoms with Crippen LogP contribution in [0.25, 0.3) is 28.1 Å². The number of aromatic amines is 1. The van der Waals surface area contributed by atoms with Crippen LogP contribution >= 0.6 is 0 Å². The fraction of sp³-hybridized carbons (Fsp3) is 0.111. The lowest BCUT2D eigenvalue weighted by Crippen LogP contribution is -2.07. The number of nitrogen functional groups attached to an aromatic ring is 1. The Morgan fingerprint density at radius 2 is 1.96 bits per heavy atom. The number of H-pyrrole nitrogens is 1. The summed E-state index contributed by atoms with van der Waals surface area (Å²) in [5.41, 5.74) is 8.16. The number of benzene rings is 2. The van der Waals surface area contributed by atoms with Crippen molar-refractivity contribution < 1.29 is 13.2 Å². The van der Waals surface area contributed by atoms with Crippen LogP contribution in [0.4, 0.5) is 18.9 Å². The lowest BCUT2D eigenvalue weighted by molar-refractivity contribution is -0.137. The first-order chi connectivity index (χ1) is 12.3. The molecule has 8 heteroatoms. The van der Waals surface area contributed by atoms with Crippen molar-refractivity contribution in [1.82, 2.24) is 19.5 Å².